The molecule has 160 valence electrons. The SMILES string of the molecule is CCNC(=NCC(c1cccc(Cl)c1)N1CCCC1)NCCCCOCC.I. The van der Waals surface area contributed by atoms with Crippen LogP contribution in [0.25, 0.3) is 0 Å². The highest BCUT2D eigenvalue weighted by Crippen LogP contribution is 2.27. The minimum atomic E-state index is 0. The van der Waals surface area contributed by atoms with Gasteiger partial charge in [0, 0.05) is 31.3 Å². The molecule has 2 N–H and O–H groups in total. The van der Waals surface area contributed by atoms with E-state index in [0.717, 1.165) is 69.8 Å². The number of rotatable bonds is 11. The maximum Gasteiger partial charge on any atom is 0.191 e. The van der Waals surface area contributed by atoms with E-state index >= 15 is 0 Å². The standard InChI is InChI=1S/C21H35ClN4O.HI/c1-3-23-21(24-12-5-8-15-27-4-2)25-17-20(26-13-6-7-14-26)18-10-9-11-19(22)16-18;/h9-11,16,20H,3-8,12-15,17H2,1-2H3,(H2,23,24,25);1H. The summed E-state index contributed by atoms with van der Waals surface area (Å²) in [6, 6.07) is 8.49. The first-order valence-corrected chi connectivity index (χ1v) is 10.7. The number of ether oxygens (including phenoxy) is 1. The Morgan fingerprint density at radius 3 is 2.68 bits per heavy atom. The molecule has 7 heteroatoms. The molecule has 1 fully saturated rings. The molecule has 2 rings (SSSR count). The van der Waals surface area contributed by atoms with Gasteiger partial charge in [-0.3, -0.25) is 9.89 Å². The second-order valence-electron chi connectivity index (χ2n) is 6.86. The highest BCUT2D eigenvalue weighted by atomic mass is 127. The van der Waals surface area contributed by atoms with Crippen LogP contribution in [0.3, 0.4) is 0 Å². The van der Waals surface area contributed by atoms with Gasteiger partial charge in [0.05, 0.1) is 12.6 Å². The molecule has 0 aromatic heterocycles. The van der Waals surface area contributed by atoms with Crippen LogP contribution >= 0.6 is 35.6 Å². The van der Waals surface area contributed by atoms with Gasteiger partial charge >= 0.3 is 0 Å². The highest BCUT2D eigenvalue weighted by molar-refractivity contribution is 14.0. The summed E-state index contributed by atoms with van der Waals surface area (Å²) in [6.07, 6.45) is 4.67. The van der Waals surface area contributed by atoms with E-state index in [2.05, 4.69) is 34.6 Å². The van der Waals surface area contributed by atoms with Crippen LogP contribution in [0.15, 0.2) is 29.3 Å². The van der Waals surface area contributed by atoms with E-state index in [1.807, 2.05) is 19.1 Å². The third-order valence-electron chi connectivity index (χ3n) is 4.79. The van der Waals surface area contributed by atoms with Crippen molar-refractivity contribution < 1.29 is 4.74 Å². The molecular weight excluding hydrogens is 487 g/mol. The number of likely N-dealkylation sites (tertiary alicyclic amines) is 1. The molecule has 0 spiro atoms. The van der Waals surface area contributed by atoms with Crippen molar-refractivity contribution in [3.8, 4) is 0 Å². The molecule has 0 bridgehead atoms. The van der Waals surface area contributed by atoms with E-state index in [0.29, 0.717) is 0 Å². The quantitative estimate of drug-likeness (QED) is 0.195. The average molecular weight is 523 g/mol. The lowest BCUT2D eigenvalue weighted by atomic mass is 10.1. The molecule has 1 aliphatic heterocycles. The first kappa shape index (κ1) is 25.5. The first-order chi connectivity index (χ1) is 13.2. The molecule has 1 aromatic carbocycles. The summed E-state index contributed by atoms with van der Waals surface area (Å²) in [5, 5.41) is 7.59. The number of hydrogen-bond acceptors (Lipinski definition) is 3. The third-order valence-corrected chi connectivity index (χ3v) is 5.03. The molecule has 0 aliphatic carbocycles. The van der Waals surface area contributed by atoms with Gasteiger partial charge in [-0.1, -0.05) is 23.7 Å². The van der Waals surface area contributed by atoms with Crippen LogP contribution in [-0.2, 0) is 4.74 Å². The largest absolute Gasteiger partial charge is 0.382 e. The smallest absolute Gasteiger partial charge is 0.191 e. The molecule has 0 amide bonds. The number of nitrogens with zero attached hydrogens (tertiary/aromatic N) is 2. The Morgan fingerprint density at radius 1 is 1.21 bits per heavy atom. The predicted octanol–water partition coefficient (Wildman–Crippen LogP) is 4.47. The van der Waals surface area contributed by atoms with Crippen molar-refractivity contribution in [3.05, 3.63) is 34.9 Å². The van der Waals surface area contributed by atoms with Gasteiger partial charge < -0.3 is 15.4 Å². The summed E-state index contributed by atoms with van der Waals surface area (Å²) in [7, 11) is 0. The minimum Gasteiger partial charge on any atom is -0.382 e. The number of benzene rings is 1. The molecular formula is C21H36ClIN4O. The average Bonchev–Trinajstić information content (AvgIpc) is 3.19. The second-order valence-corrected chi connectivity index (χ2v) is 7.30. The van der Waals surface area contributed by atoms with Gasteiger partial charge in [0.2, 0.25) is 0 Å². The van der Waals surface area contributed by atoms with Crippen LogP contribution in [-0.4, -0.2) is 56.8 Å². The van der Waals surface area contributed by atoms with Gasteiger partial charge in [0.15, 0.2) is 5.96 Å². The summed E-state index contributed by atoms with van der Waals surface area (Å²) in [5.74, 6) is 0.889. The monoisotopic (exact) mass is 522 g/mol. The zero-order chi connectivity index (χ0) is 19.3. The van der Waals surface area contributed by atoms with Gasteiger partial charge in [-0.15, -0.1) is 24.0 Å². The molecule has 0 saturated carbocycles. The lowest BCUT2D eigenvalue weighted by molar-refractivity contribution is 0.143. The summed E-state index contributed by atoms with van der Waals surface area (Å²) in [4.78, 5) is 7.41. The number of hydrogen-bond donors (Lipinski definition) is 2. The summed E-state index contributed by atoms with van der Waals surface area (Å²) >= 11 is 6.24. The molecule has 0 radical (unpaired) electrons. The topological polar surface area (TPSA) is 48.9 Å². The molecule has 1 aliphatic rings. The molecule has 1 unspecified atom stereocenters. The Bertz CT molecular complexity index is 567. The molecule has 1 aromatic rings. The summed E-state index contributed by atoms with van der Waals surface area (Å²) in [6.45, 7) is 10.5. The van der Waals surface area contributed by atoms with Gasteiger partial charge in [0.1, 0.15) is 0 Å². The van der Waals surface area contributed by atoms with E-state index < -0.39 is 0 Å². The Morgan fingerprint density at radius 2 is 2.00 bits per heavy atom. The van der Waals surface area contributed by atoms with Crippen molar-refractivity contribution >= 4 is 41.5 Å². The summed E-state index contributed by atoms with van der Waals surface area (Å²) in [5.41, 5.74) is 1.25. The van der Waals surface area contributed by atoms with Crippen molar-refractivity contribution in [2.24, 2.45) is 4.99 Å². The Kier molecular flexibility index (Phi) is 13.9. The Labute approximate surface area is 192 Å². The predicted molar refractivity (Wildman–Crippen MR) is 130 cm³/mol. The number of unbranched alkanes of at least 4 members (excludes halogenated alkanes) is 1. The van der Waals surface area contributed by atoms with E-state index in [1.54, 1.807) is 0 Å². The number of halogens is 2. The Hall–Kier alpha value is -0.570. The van der Waals surface area contributed by atoms with Crippen LogP contribution < -0.4 is 10.6 Å². The van der Waals surface area contributed by atoms with Crippen molar-refractivity contribution in [2.45, 2.75) is 45.6 Å². The van der Waals surface area contributed by atoms with E-state index in [9.17, 15) is 0 Å². The fourth-order valence-corrected chi connectivity index (χ4v) is 3.60. The zero-order valence-corrected chi connectivity index (χ0v) is 20.3. The maximum atomic E-state index is 6.24. The highest BCUT2D eigenvalue weighted by Gasteiger charge is 2.23. The number of guanidine groups is 1. The van der Waals surface area contributed by atoms with Crippen LogP contribution in [0, 0.1) is 0 Å². The van der Waals surface area contributed by atoms with Crippen LogP contribution in [0.4, 0.5) is 0 Å². The fourth-order valence-electron chi connectivity index (χ4n) is 3.40. The third kappa shape index (κ3) is 9.29. The summed E-state index contributed by atoms with van der Waals surface area (Å²) < 4.78 is 5.39. The minimum absolute atomic E-state index is 0. The van der Waals surface area contributed by atoms with Gasteiger partial charge in [-0.05, 0) is 70.3 Å². The van der Waals surface area contributed by atoms with Crippen molar-refractivity contribution in [3.63, 3.8) is 0 Å². The Balaban J connectivity index is 0.00000392. The zero-order valence-electron chi connectivity index (χ0n) is 17.3. The number of aliphatic imine (C=N–C) groups is 1. The molecule has 1 heterocycles. The van der Waals surface area contributed by atoms with Crippen molar-refractivity contribution in [1.29, 1.82) is 0 Å². The van der Waals surface area contributed by atoms with Crippen LogP contribution in [0.5, 0.6) is 0 Å². The van der Waals surface area contributed by atoms with Crippen molar-refractivity contribution in [1.82, 2.24) is 15.5 Å². The molecule has 28 heavy (non-hydrogen) atoms. The lowest BCUT2D eigenvalue weighted by Crippen LogP contribution is -2.39. The molecule has 1 saturated heterocycles. The van der Waals surface area contributed by atoms with E-state index in [1.165, 1.54) is 18.4 Å². The van der Waals surface area contributed by atoms with Gasteiger partial charge in [-0.25, -0.2) is 0 Å². The van der Waals surface area contributed by atoms with Crippen LogP contribution in [0.1, 0.15) is 51.1 Å². The van der Waals surface area contributed by atoms with E-state index in [4.69, 9.17) is 21.3 Å². The lowest BCUT2D eigenvalue weighted by Gasteiger charge is -2.27. The first-order valence-electron chi connectivity index (χ1n) is 10.3. The van der Waals surface area contributed by atoms with Gasteiger partial charge in [0.25, 0.3) is 0 Å². The van der Waals surface area contributed by atoms with E-state index in [-0.39, 0.29) is 30.0 Å². The fraction of sp³-hybridized carbons (Fsp3) is 0.667. The van der Waals surface area contributed by atoms with Crippen LogP contribution in [0.2, 0.25) is 5.02 Å². The normalized spacial score (nSPS) is 15.9. The van der Waals surface area contributed by atoms with Crippen molar-refractivity contribution in [2.75, 3.05) is 45.9 Å². The molecule has 5 nitrogen and oxygen atoms in total. The molecule has 1 atom stereocenters. The number of nitrogens with one attached hydrogen (secondary N) is 2. The maximum absolute atomic E-state index is 6.24. The second kappa shape index (κ2) is 15.3. The van der Waals surface area contributed by atoms with Gasteiger partial charge in [-0.2, -0.15) is 0 Å².